The molecular weight excluding hydrogens is 1970 g/mol. The highest BCUT2D eigenvalue weighted by Crippen LogP contribution is 2.37. The maximum atomic E-state index is 13.3. The van der Waals surface area contributed by atoms with Crippen molar-refractivity contribution in [1.82, 2.24) is 16.0 Å². The molecule has 0 aliphatic rings. The number of rotatable bonds is 34. The lowest BCUT2D eigenvalue weighted by atomic mass is 10.0. The van der Waals surface area contributed by atoms with E-state index in [0.717, 1.165) is 6.92 Å². The molecule has 12 aromatic carbocycles. The van der Waals surface area contributed by atoms with Crippen LogP contribution >= 0.6 is 11.6 Å². The van der Waals surface area contributed by atoms with Crippen LogP contribution in [0.2, 0.25) is 0 Å². The molecule has 0 saturated carbocycles. The van der Waals surface area contributed by atoms with Gasteiger partial charge in [0.2, 0.25) is 0 Å². The van der Waals surface area contributed by atoms with E-state index in [9.17, 15) is 117 Å². The van der Waals surface area contributed by atoms with E-state index < -0.39 is 148 Å². The van der Waals surface area contributed by atoms with Gasteiger partial charge >= 0.3 is 89.5 Å². The van der Waals surface area contributed by atoms with Gasteiger partial charge in [-0.1, -0.05) is 127 Å². The number of ether oxygens (including phenoxy) is 11. The van der Waals surface area contributed by atoms with E-state index in [0.29, 0.717) is 16.7 Å². The third-order valence-electron chi connectivity index (χ3n) is 19.4. The first-order chi connectivity index (χ1) is 70.7. The van der Waals surface area contributed by atoms with Gasteiger partial charge in [0.1, 0.15) is 86.7 Å². The Hall–Kier alpha value is -19.8. The Kier molecular flexibility index (Phi) is 42.7. The number of nitrogens with two attached hydrogens (primary N) is 1. The van der Waals surface area contributed by atoms with Crippen molar-refractivity contribution < 1.29 is 184 Å². The van der Waals surface area contributed by atoms with Crippen LogP contribution in [-0.2, 0) is 78.4 Å². The molecule has 770 valence electrons. The van der Waals surface area contributed by atoms with Crippen LogP contribution in [0, 0.1) is 0 Å². The standard InChI is InChI=1S/C34H27NO11.2C27H23NO10.C9H7ClO3.C9H11NO4/c1-20(36)43-27-14-8-6-12-24(27)33(41)45-29-17-16-22(18-26(32(39)40)35-31(38)23-10-4-3-5-11-23)19-30(29)46-34(42)25-13-7-9-15-28(25)44-21(2)37;1-15(29)36-22-9-5-3-7-18(22)25(32)28-20(26(33)34)13-17-11-12-24(21(31)14-17)38-27(35)19-8-4-6-10-23(19)37-16(2)30;1-15(29)36-22-9-5-3-7-18(22)25(32)28-20(26(33)34)13-17-11-12-21(31)24(14-17)38-27(35)19-8-4-6-10-23(19)37-16(2)30;1-6(11)13-8-5-3-2-4-7(8)9(10)12;10-6(9(13)14)3-5-1-2-7(11)8(12)4-5/h3-17,19,26H,18H2,1-2H3,(H,35,38)(H,39,40);2*3-12,14,20,31H,13H2,1-2H3,(H,28,32)(H,33,34);2-5H,1H3;1-2,4,6,11-12H,3,10H2,(H,13,14)/t26-;2*20-;;6-/m000.0/s1. The zero-order valence-electron chi connectivity index (χ0n) is 79.4. The summed E-state index contributed by atoms with van der Waals surface area (Å²) in [4.78, 5) is 226. The molecule has 4 atom stereocenters. The monoisotopic (exact) mass is 2060 g/mol. The number of para-hydroxylation sites is 7. The average molecular weight is 2060 g/mol. The number of carboxylic acid groups (broad SMARTS) is 4. The lowest BCUT2D eigenvalue weighted by molar-refractivity contribution is -0.140. The Labute approximate surface area is 849 Å². The fraction of sp³-hybridized carbons (Fsp3) is 0.142. The SMILES string of the molecule is CC(=O)Oc1ccccc1C(=O)Cl.CC(=O)Oc1ccccc1C(=O)N[C@@H](Cc1ccc(O)c(OC(=O)c2ccccc2OC(C)=O)c1)C(=O)O.CC(=O)Oc1ccccc1C(=O)N[C@@H](Cc1ccc(OC(=O)c2ccccc2OC(C)=O)c(O)c1)C(=O)O.CC(=O)Oc1ccccc1C(=O)Oc1ccc(C[C@H](NC(=O)c2ccccc2)C(=O)O)cc1OC(=O)c1ccccc1OC(C)=O.N[C@@H](Cc1ccc(O)c(O)c1)C(=O)O. The number of benzene rings is 12. The molecule has 0 aliphatic heterocycles. The van der Waals surface area contributed by atoms with Crippen LogP contribution in [0.5, 0.6) is 86.2 Å². The fourth-order valence-corrected chi connectivity index (χ4v) is 13.0. The normalized spacial score (nSPS) is 11.0. The number of phenolic OH excluding ortho intramolecular Hbond substituents is 4. The first-order valence-corrected chi connectivity index (χ1v) is 44.0. The largest absolute Gasteiger partial charge is 0.504 e. The van der Waals surface area contributed by atoms with Crippen molar-refractivity contribution >= 4 is 124 Å². The van der Waals surface area contributed by atoms with Crippen LogP contribution in [-0.4, -0.2) is 178 Å². The lowest BCUT2D eigenvalue weighted by Gasteiger charge is -2.17. The molecule has 0 aromatic heterocycles. The Morgan fingerprint density at radius 2 is 0.497 bits per heavy atom. The molecule has 12 aromatic rings. The van der Waals surface area contributed by atoms with Crippen LogP contribution in [0.25, 0.3) is 0 Å². The molecule has 42 nitrogen and oxygen atoms in total. The summed E-state index contributed by atoms with van der Waals surface area (Å²) < 4.78 is 56.6. The molecule has 0 heterocycles. The zero-order valence-corrected chi connectivity index (χ0v) is 80.2. The maximum absolute atomic E-state index is 13.3. The predicted octanol–water partition coefficient (Wildman–Crippen LogP) is 12.2. The Bertz CT molecular complexity index is 7060. The summed E-state index contributed by atoms with van der Waals surface area (Å²) in [6, 6.07) is 60.0. The van der Waals surface area contributed by atoms with E-state index in [1.165, 1.54) is 248 Å². The number of hydrogen-bond donors (Lipinski definition) is 12. The highest BCUT2D eigenvalue weighted by Gasteiger charge is 2.31. The van der Waals surface area contributed by atoms with Gasteiger partial charge in [0, 0.05) is 73.3 Å². The molecule has 0 spiro atoms. The Morgan fingerprint density at radius 3 is 0.826 bits per heavy atom. The van der Waals surface area contributed by atoms with Crippen molar-refractivity contribution in [3.8, 4) is 86.2 Å². The van der Waals surface area contributed by atoms with E-state index in [1.807, 2.05) is 0 Å². The van der Waals surface area contributed by atoms with Gasteiger partial charge in [-0.2, -0.15) is 0 Å². The van der Waals surface area contributed by atoms with E-state index in [-0.39, 0.29) is 150 Å². The molecule has 0 fully saturated rings. The summed E-state index contributed by atoms with van der Waals surface area (Å²) >= 11 is 5.26. The minimum absolute atomic E-state index is 0.0172. The predicted molar refractivity (Wildman–Crippen MR) is 520 cm³/mol. The topological polar surface area (TPSA) is 650 Å². The minimum Gasteiger partial charge on any atom is -0.504 e. The third-order valence-corrected chi connectivity index (χ3v) is 19.6. The minimum atomic E-state index is -1.43. The van der Waals surface area contributed by atoms with E-state index in [4.69, 9.17) is 84.8 Å². The number of aliphatic carboxylic acids is 4. The van der Waals surface area contributed by atoms with Crippen molar-refractivity contribution in [3.63, 3.8) is 0 Å². The number of carbonyl (C=O) groups excluding carboxylic acids is 15. The van der Waals surface area contributed by atoms with E-state index >= 15 is 0 Å². The second-order valence-corrected chi connectivity index (χ2v) is 31.2. The molecule has 0 unspecified atom stereocenters. The van der Waals surface area contributed by atoms with Crippen LogP contribution in [0.1, 0.15) is 154 Å². The van der Waals surface area contributed by atoms with E-state index in [1.54, 1.807) is 66.7 Å². The number of amides is 3. The smallest absolute Gasteiger partial charge is 0.347 e. The number of aromatic hydroxyl groups is 4. The van der Waals surface area contributed by atoms with Crippen molar-refractivity contribution in [2.75, 3.05) is 0 Å². The van der Waals surface area contributed by atoms with Crippen LogP contribution < -0.4 is 73.8 Å². The molecule has 149 heavy (non-hydrogen) atoms. The Morgan fingerprint density at radius 1 is 0.242 bits per heavy atom. The van der Waals surface area contributed by atoms with Gasteiger partial charge in [-0.05, 0) is 186 Å². The molecule has 13 N–H and O–H groups in total. The third kappa shape index (κ3) is 36.3. The van der Waals surface area contributed by atoms with Gasteiger partial charge in [-0.25, -0.2) is 33.6 Å². The molecule has 3 amide bonds. The van der Waals surface area contributed by atoms with Crippen molar-refractivity contribution in [3.05, 3.63) is 340 Å². The maximum Gasteiger partial charge on any atom is 0.347 e. The summed E-state index contributed by atoms with van der Waals surface area (Å²) in [6.07, 6.45) is -0.602. The molecule has 12 rings (SSSR count). The van der Waals surface area contributed by atoms with Crippen molar-refractivity contribution in [1.29, 1.82) is 0 Å². The van der Waals surface area contributed by atoms with Gasteiger partial charge < -0.3 is 115 Å². The van der Waals surface area contributed by atoms with Crippen LogP contribution in [0.15, 0.2) is 273 Å². The molecule has 0 aliphatic carbocycles. The van der Waals surface area contributed by atoms with Crippen LogP contribution in [0.4, 0.5) is 0 Å². The van der Waals surface area contributed by atoms with E-state index in [2.05, 4.69) is 16.0 Å². The summed E-state index contributed by atoms with van der Waals surface area (Å²) in [7, 11) is 0. The van der Waals surface area contributed by atoms with Crippen LogP contribution in [0.3, 0.4) is 0 Å². The number of hydrogen-bond acceptors (Lipinski definition) is 35. The quantitative estimate of drug-likeness (QED) is 0.00771. The van der Waals surface area contributed by atoms with Gasteiger partial charge in [-0.15, -0.1) is 0 Å². The number of phenols is 4. The number of carboxylic acids is 4. The molecule has 43 heteroatoms. The summed E-state index contributed by atoms with van der Waals surface area (Å²) in [6.45, 7) is 8.27. The first-order valence-electron chi connectivity index (χ1n) is 43.7. The summed E-state index contributed by atoms with van der Waals surface area (Å²) in [5, 5.41) is 82.9. The number of nitrogens with one attached hydrogen (secondary N) is 3. The van der Waals surface area contributed by atoms with Gasteiger partial charge in [-0.3, -0.25) is 57.5 Å². The Balaban J connectivity index is 0.000000242. The number of halogens is 1. The van der Waals surface area contributed by atoms with Gasteiger partial charge in [0.15, 0.2) is 46.0 Å². The number of esters is 11. The van der Waals surface area contributed by atoms with Gasteiger partial charge in [0.25, 0.3) is 23.0 Å². The first kappa shape index (κ1) is 114. The second-order valence-electron chi connectivity index (χ2n) is 30.9. The molecule has 0 bridgehead atoms. The highest BCUT2D eigenvalue weighted by atomic mass is 35.5. The molecule has 0 radical (unpaired) electrons. The average Bonchev–Trinajstić information content (AvgIpc) is 0.815. The summed E-state index contributed by atoms with van der Waals surface area (Å²) in [5.74, 6) is -18.0. The molecular formula is C106H91ClN4O38. The number of carbonyl (C=O) groups is 19. The highest BCUT2D eigenvalue weighted by molar-refractivity contribution is 6.68. The summed E-state index contributed by atoms with van der Waals surface area (Å²) in [5.41, 5.74) is 6.78. The lowest BCUT2D eigenvalue weighted by Crippen LogP contribution is -2.42. The van der Waals surface area contributed by atoms with Crippen molar-refractivity contribution in [2.24, 2.45) is 5.73 Å². The second kappa shape index (κ2) is 55.6. The van der Waals surface area contributed by atoms with Gasteiger partial charge in [0.05, 0.1) is 16.7 Å². The zero-order chi connectivity index (χ0) is 109. The molecule has 0 saturated heterocycles. The van der Waals surface area contributed by atoms with Crippen molar-refractivity contribution in [2.45, 2.75) is 98.3 Å². The fourth-order valence-electron chi connectivity index (χ4n) is 12.8.